The molecule has 0 radical (unpaired) electrons. The van der Waals surface area contributed by atoms with Crippen molar-refractivity contribution < 1.29 is 9.59 Å². The second-order valence-electron chi connectivity index (χ2n) is 7.46. The van der Waals surface area contributed by atoms with E-state index < -0.39 is 0 Å². The molecule has 3 saturated heterocycles. The molecular formula is C16H26N4O2. The van der Waals surface area contributed by atoms with E-state index in [4.69, 9.17) is 0 Å². The predicted octanol–water partition coefficient (Wildman–Crippen LogP) is -0.545. The van der Waals surface area contributed by atoms with Gasteiger partial charge in [-0.2, -0.15) is 0 Å². The zero-order valence-electron chi connectivity index (χ0n) is 13.1. The summed E-state index contributed by atoms with van der Waals surface area (Å²) < 4.78 is 0. The lowest BCUT2D eigenvalue weighted by molar-refractivity contribution is -0.139. The van der Waals surface area contributed by atoms with E-state index in [0.29, 0.717) is 24.8 Å². The molecule has 4 fully saturated rings. The predicted molar refractivity (Wildman–Crippen MR) is 82.2 cm³/mol. The fourth-order valence-corrected chi connectivity index (χ4v) is 5.22. The largest absolute Gasteiger partial charge is 0.353 e. The lowest BCUT2D eigenvalue weighted by atomic mass is 9.62. The van der Waals surface area contributed by atoms with Crippen molar-refractivity contribution in [2.75, 3.05) is 32.7 Å². The van der Waals surface area contributed by atoms with Gasteiger partial charge in [0.1, 0.15) is 0 Å². The Morgan fingerprint density at radius 3 is 2.82 bits per heavy atom. The molecule has 0 aromatic carbocycles. The average Bonchev–Trinajstić information content (AvgIpc) is 2.88. The number of rotatable bonds is 2. The molecule has 0 aromatic rings. The van der Waals surface area contributed by atoms with Gasteiger partial charge in [-0.3, -0.25) is 9.59 Å². The van der Waals surface area contributed by atoms with E-state index in [1.807, 2.05) is 4.90 Å². The standard InChI is InChI=1S/C16H26N4O2/c21-13-8-16(9-14(22)20-6-4-17-5-7-20)10-18-11-2-1-3-12(19-13)15(11)16/h11-12,15,17-18H,1-10H2,(H,19,21). The second kappa shape index (κ2) is 5.49. The summed E-state index contributed by atoms with van der Waals surface area (Å²) in [5, 5.41) is 10.1. The Morgan fingerprint density at radius 1 is 1.23 bits per heavy atom. The number of carbonyl (C=O) groups excluding carboxylic acids is 2. The van der Waals surface area contributed by atoms with Crippen molar-refractivity contribution in [3.8, 4) is 0 Å². The van der Waals surface area contributed by atoms with Crippen molar-refractivity contribution in [2.45, 2.75) is 44.2 Å². The number of piperazine rings is 1. The summed E-state index contributed by atoms with van der Waals surface area (Å²) >= 11 is 0. The Kier molecular flexibility index (Phi) is 3.61. The van der Waals surface area contributed by atoms with Crippen LogP contribution >= 0.6 is 0 Å². The number of nitrogens with zero attached hydrogens (tertiary/aromatic N) is 1. The van der Waals surface area contributed by atoms with Gasteiger partial charge < -0.3 is 20.9 Å². The highest BCUT2D eigenvalue weighted by atomic mass is 16.2. The quantitative estimate of drug-likeness (QED) is 0.640. The molecule has 4 rings (SSSR count). The molecule has 3 N–H and O–H groups in total. The maximum atomic E-state index is 12.8. The van der Waals surface area contributed by atoms with Crippen LogP contribution in [0.5, 0.6) is 0 Å². The topological polar surface area (TPSA) is 73.5 Å². The second-order valence-corrected chi connectivity index (χ2v) is 7.46. The Morgan fingerprint density at radius 2 is 2.00 bits per heavy atom. The summed E-state index contributed by atoms with van der Waals surface area (Å²) in [6, 6.07) is 0.751. The number of hydrogen-bond donors (Lipinski definition) is 3. The average molecular weight is 306 g/mol. The van der Waals surface area contributed by atoms with Gasteiger partial charge in [-0.05, 0) is 19.3 Å². The SMILES string of the molecule is O=C1CC2(CC(=O)N3CCNCC3)CNC3CCCC(N1)C32. The summed E-state index contributed by atoms with van der Waals surface area (Å²) in [6.45, 7) is 4.18. The van der Waals surface area contributed by atoms with Crippen molar-refractivity contribution in [3.05, 3.63) is 0 Å². The fourth-order valence-electron chi connectivity index (χ4n) is 5.22. The highest BCUT2D eigenvalue weighted by molar-refractivity contribution is 5.82. The van der Waals surface area contributed by atoms with Gasteiger partial charge in [0.15, 0.2) is 0 Å². The molecule has 0 aromatic heterocycles. The molecule has 4 unspecified atom stereocenters. The van der Waals surface area contributed by atoms with Crippen LogP contribution in [-0.4, -0.2) is 61.5 Å². The van der Waals surface area contributed by atoms with Gasteiger partial charge in [0.05, 0.1) is 0 Å². The summed E-state index contributed by atoms with van der Waals surface area (Å²) in [7, 11) is 0. The number of amides is 2. The maximum absolute atomic E-state index is 12.8. The summed E-state index contributed by atoms with van der Waals surface area (Å²) in [6.07, 6.45) is 4.46. The first-order valence-electron chi connectivity index (χ1n) is 8.69. The van der Waals surface area contributed by atoms with E-state index in [0.717, 1.165) is 39.1 Å². The van der Waals surface area contributed by atoms with Gasteiger partial charge in [-0.25, -0.2) is 0 Å². The first kappa shape index (κ1) is 14.5. The highest BCUT2D eigenvalue weighted by Crippen LogP contribution is 2.50. The van der Waals surface area contributed by atoms with Crippen molar-refractivity contribution in [3.63, 3.8) is 0 Å². The van der Waals surface area contributed by atoms with E-state index in [9.17, 15) is 9.59 Å². The first-order valence-corrected chi connectivity index (χ1v) is 8.69. The van der Waals surface area contributed by atoms with Gasteiger partial charge in [0.25, 0.3) is 0 Å². The Hall–Kier alpha value is -1.14. The monoisotopic (exact) mass is 306 g/mol. The molecule has 4 atom stereocenters. The van der Waals surface area contributed by atoms with Crippen molar-refractivity contribution in [1.29, 1.82) is 0 Å². The Balaban J connectivity index is 1.54. The molecule has 22 heavy (non-hydrogen) atoms. The van der Waals surface area contributed by atoms with Gasteiger partial charge in [0.2, 0.25) is 11.8 Å². The minimum absolute atomic E-state index is 0.138. The summed E-state index contributed by atoms with van der Waals surface area (Å²) in [5.74, 6) is 0.812. The van der Waals surface area contributed by atoms with E-state index in [2.05, 4.69) is 16.0 Å². The minimum Gasteiger partial charge on any atom is -0.353 e. The number of hydrogen-bond acceptors (Lipinski definition) is 4. The molecule has 2 amide bonds. The molecule has 1 aliphatic carbocycles. The summed E-state index contributed by atoms with van der Waals surface area (Å²) in [4.78, 5) is 26.9. The lowest BCUT2D eigenvalue weighted by Gasteiger charge is -2.47. The fraction of sp³-hybridized carbons (Fsp3) is 0.875. The van der Waals surface area contributed by atoms with Crippen molar-refractivity contribution >= 4 is 11.8 Å². The van der Waals surface area contributed by atoms with Crippen LogP contribution in [0, 0.1) is 11.3 Å². The maximum Gasteiger partial charge on any atom is 0.223 e. The molecule has 6 nitrogen and oxygen atoms in total. The Labute approximate surface area is 131 Å². The van der Waals surface area contributed by atoms with Crippen LogP contribution in [0.1, 0.15) is 32.1 Å². The van der Waals surface area contributed by atoms with E-state index in [1.54, 1.807) is 0 Å². The van der Waals surface area contributed by atoms with Gasteiger partial charge >= 0.3 is 0 Å². The van der Waals surface area contributed by atoms with Crippen LogP contribution in [0.25, 0.3) is 0 Å². The van der Waals surface area contributed by atoms with Crippen LogP contribution < -0.4 is 16.0 Å². The third-order valence-corrected chi connectivity index (χ3v) is 6.15. The van der Waals surface area contributed by atoms with Crippen molar-refractivity contribution in [2.24, 2.45) is 11.3 Å². The Bertz CT molecular complexity index is 477. The third kappa shape index (κ3) is 2.33. The number of piperidine rings is 1. The lowest BCUT2D eigenvalue weighted by Crippen LogP contribution is -2.59. The molecular weight excluding hydrogens is 280 g/mol. The van der Waals surface area contributed by atoms with E-state index in [1.165, 1.54) is 12.8 Å². The van der Waals surface area contributed by atoms with Crippen LogP contribution in [0.4, 0.5) is 0 Å². The highest BCUT2D eigenvalue weighted by Gasteiger charge is 2.57. The molecule has 1 saturated carbocycles. The zero-order chi connectivity index (χ0) is 15.2. The van der Waals surface area contributed by atoms with Crippen LogP contribution in [0.3, 0.4) is 0 Å². The van der Waals surface area contributed by atoms with E-state index in [-0.39, 0.29) is 23.3 Å². The first-order chi connectivity index (χ1) is 10.7. The summed E-state index contributed by atoms with van der Waals surface area (Å²) in [5.41, 5.74) is -0.153. The van der Waals surface area contributed by atoms with Crippen molar-refractivity contribution in [1.82, 2.24) is 20.9 Å². The van der Waals surface area contributed by atoms with Crippen LogP contribution in [-0.2, 0) is 9.59 Å². The molecule has 0 bridgehead atoms. The molecule has 6 heteroatoms. The number of nitrogens with one attached hydrogen (secondary N) is 3. The smallest absolute Gasteiger partial charge is 0.223 e. The molecule has 3 aliphatic heterocycles. The molecule has 122 valence electrons. The molecule has 4 aliphatic rings. The van der Waals surface area contributed by atoms with Gasteiger partial charge in [-0.15, -0.1) is 0 Å². The van der Waals surface area contributed by atoms with Crippen LogP contribution in [0.15, 0.2) is 0 Å². The number of carbonyl (C=O) groups is 2. The molecule has 0 spiro atoms. The molecule has 3 heterocycles. The zero-order valence-corrected chi connectivity index (χ0v) is 13.1. The third-order valence-electron chi connectivity index (χ3n) is 6.15. The van der Waals surface area contributed by atoms with Gasteiger partial charge in [0, 0.05) is 69.0 Å². The van der Waals surface area contributed by atoms with Gasteiger partial charge in [-0.1, -0.05) is 0 Å². The normalized spacial score (nSPS) is 41.0. The van der Waals surface area contributed by atoms with Crippen LogP contribution in [0.2, 0.25) is 0 Å². The van der Waals surface area contributed by atoms with E-state index >= 15 is 0 Å². The minimum atomic E-state index is -0.153.